The Morgan fingerprint density at radius 2 is 2.11 bits per heavy atom. The number of halogens is 2. The molecule has 1 saturated heterocycles. The van der Waals surface area contributed by atoms with E-state index in [0.717, 1.165) is 25.9 Å². The van der Waals surface area contributed by atoms with Crippen molar-refractivity contribution in [1.82, 2.24) is 4.90 Å². The SMILES string of the molecule is NCC1CCN(C(=O)c2ccc(F)c(Br)c2)CC1. The maximum atomic E-state index is 13.1. The summed E-state index contributed by atoms with van der Waals surface area (Å²) in [6, 6.07) is 4.37. The highest BCUT2D eigenvalue weighted by Gasteiger charge is 2.23. The number of rotatable bonds is 2. The van der Waals surface area contributed by atoms with Crippen molar-refractivity contribution in [2.24, 2.45) is 11.7 Å². The molecule has 0 aromatic heterocycles. The fourth-order valence-corrected chi connectivity index (χ4v) is 2.56. The predicted molar refractivity (Wildman–Crippen MR) is 71.8 cm³/mol. The number of nitrogens with two attached hydrogens (primary N) is 1. The lowest BCUT2D eigenvalue weighted by atomic mass is 9.96. The van der Waals surface area contributed by atoms with E-state index in [-0.39, 0.29) is 11.7 Å². The lowest BCUT2D eigenvalue weighted by Crippen LogP contribution is -2.40. The normalized spacial score (nSPS) is 16.9. The zero-order chi connectivity index (χ0) is 13.1. The Labute approximate surface area is 114 Å². The molecule has 5 heteroatoms. The van der Waals surface area contributed by atoms with Gasteiger partial charge < -0.3 is 10.6 Å². The second-order valence-corrected chi connectivity index (χ2v) is 5.45. The van der Waals surface area contributed by atoms with E-state index in [0.29, 0.717) is 22.5 Å². The summed E-state index contributed by atoms with van der Waals surface area (Å²) in [5.41, 5.74) is 6.14. The van der Waals surface area contributed by atoms with Crippen LogP contribution in [0.1, 0.15) is 23.2 Å². The van der Waals surface area contributed by atoms with Crippen LogP contribution >= 0.6 is 15.9 Å². The van der Waals surface area contributed by atoms with Crippen molar-refractivity contribution in [2.45, 2.75) is 12.8 Å². The van der Waals surface area contributed by atoms with Crippen molar-refractivity contribution in [2.75, 3.05) is 19.6 Å². The van der Waals surface area contributed by atoms with Crippen molar-refractivity contribution in [1.29, 1.82) is 0 Å². The van der Waals surface area contributed by atoms with Crippen molar-refractivity contribution < 1.29 is 9.18 Å². The van der Waals surface area contributed by atoms with E-state index in [1.807, 2.05) is 4.90 Å². The van der Waals surface area contributed by atoms with Gasteiger partial charge in [0.1, 0.15) is 5.82 Å². The number of amides is 1. The van der Waals surface area contributed by atoms with Gasteiger partial charge in [-0.15, -0.1) is 0 Å². The van der Waals surface area contributed by atoms with Crippen LogP contribution in [0.3, 0.4) is 0 Å². The van der Waals surface area contributed by atoms with Gasteiger partial charge in [-0.2, -0.15) is 0 Å². The van der Waals surface area contributed by atoms with E-state index in [9.17, 15) is 9.18 Å². The first-order chi connectivity index (χ1) is 8.61. The van der Waals surface area contributed by atoms with Crippen LogP contribution in [0.15, 0.2) is 22.7 Å². The standard InChI is InChI=1S/C13H16BrFN2O/c14-11-7-10(1-2-12(11)15)13(18)17-5-3-9(8-16)4-6-17/h1-2,7,9H,3-6,8,16H2. The molecule has 1 aliphatic heterocycles. The highest BCUT2D eigenvalue weighted by Crippen LogP contribution is 2.21. The summed E-state index contributed by atoms with van der Waals surface area (Å²) in [6.07, 6.45) is 1.90. The van der Waals surface area contributed by atoms with Gasteiger partial charge in [0.25, 0.3) is 5.91 Å². The van der Waals surface area contributed by atoms with Crippen LogP contribution in [0, 0.1) is 11.7 Å². The molecule has 18 heavy (non-hydrogen) atoms. The van der Waals surface area contributed by atoms with Crippen molar-refractivity contribution in [3.8, 4) is 0 Å². The molecule has 1 aromatic carbocycles. The van der Waals surface area contributed by atoms with E-state index < -0.39 is 0 Å². The molecule has 0 spiro atoms. The van der Waals surface area contributed by atoms with E-state index in [1.54, 1.807) is 0 Å². The van der Waals surface area contributed by atoms with Crippen LogP contribution in [-0.2, 0) is 0 Å². The molecule has 0 radical (unpaired) electrons. The Kier molecular flexibility index (Phi) is 4.35. The molecule has 0 saturated carbocycles. The van der Waals surface area contributed by atoms with Gasteiger partial charge in [-0.1, -0.05) is 0 Å². The molecule has 0 atom stereocenters. The Balaban J connectivity index is 2.05. The van der Waals surface area contributed by atoms with Crippen molar-refractivity contribution >= 4 is 21.8 Å². The minimum atomic E-state index is -0.353. The maximum Gasteiger partial charge on any atom is 0.253 e. The van der Waals surface area contributed by atoms with Crippen LogP contribution in [0.25, 0.3) is 0 Å². The molecule has 2 N–H and O–H groups in total. The Hall–Kier alpha value is -0.940. The van der Waals surface area contributed by atoms with Crippen LogP contribution in [0.5, 0.6) is 0 Å². The highest BCUT2D eigenvalue weighted by molar-refractivity contribution is 9.10. The van der Waals surface area contributed by atoms with Crippen molar-refractivity contribution in [3.63, 3.8) is 0 Å². The first kappa shape index (κ1) is 13.5. The molecule has 1 aromatic rings. The van der Waals surface area contributed by atoms with Gasteiger partial charge in [-0.25, -0.2) is 4.39 Å². The third kappa shape index (κ3) is 2.90. The van der Waals surface area contributed by atoms with Crippen LogP contribution in [0.2, 0.25) is 0 Å². The molecule has 3 nitrogen and oxygen atoms in total. The van der Waals surface area contributed by atoms with E-state index >= 15 is 0 Å². The average molecular weight is 315 g/mol. The molecule has 1 heterocycles. The molecule has 0 bridgehead atoms. The van der Waals surface area contributed by atoms with Gasteiger partial charge in [-0.3, -0.25) is 4.79 Å². The summed E-state index contributed by atoms with van der Waals surface area (Å²) in [6.45, 7) is 2.15. The minimum Gasteiger partial charge on any atom is -0.339 e. The van der Waals surface area contributed by atoms with Gasteiger partial charge in [0.15, 0.2) is 0 Å². The smallest absolute Gasteiger partial charge is 0.253 e. The number of carbonyl (C=O) groups is 1. The van der Waals surface area contributed by atoms with Gasteiger partial charge in [-0.05, 0) is 59.4 Å². The molecule has 1 fully saturated rings. The first-order valence-corrected chi connectivity index (χ1v) is 6.85. The molecule has 1 amide bonds. The zero-order valence-electron chi connectivity index (χ0n) is 10.0. The second-order valence-electron chi connectivity index (χ2n) is 4.60. The number of benzene rings is 1. The van der Waals surface area contributed by atoms with Crippen molar-refractivity contribution in [3.05, 3.63) is 34.1 Å². The number of hydrogen-bond acceptors (Lipinski definition) is 2. The number of nitrogens with zero attached hydrogens (tertiary/aromatic N) is 1. The number of piperidine rings is 1. The fourth-order valence-electron chi connectivity index (χ4n) is 2.18. The van der Waals surface area contributed by atoms with Gasteiger partial charge in [0.05, 0.1) is 4.47 Å². The predicted octanol–water partition coefficient (Wildman–Crippen LogP) is 2.40. The Bertz CT molecular complexity index is 445. The molecular weight excluding hydrogens is 299 g/mol. The quantitative estimate of drug-likeness (QED) is 0.911. The molecule has 0 aliphatic carbocycles. The third-order valence-electron chi connectivity index (χ3n) is 3.40. The van der Waals surface area contributed by atoms with Crippen LogP contribution in [-0.4, -0.2) is 30.4 Å². The topological polar surface area (TPSA) is 46.3 Å². The summed E-state index contributed by atoms with van der Waals surface area (Å²) in [5, 5.41) is 0. The lowest BCUT2D eigenvalue weighted by Gasteiger charge is -2.31. The molecule has 2 rings (SSSR count). The zero-order valence-corrected chi connectivity index (χ0v) is 11.6. The summed E-state index contributed by atoms with van der Waals surface area (Å²) in [4.78, 5) is 14.0. The Morgan fingerprint density at radius 1 is 1.44 bits per heavy atom. The third-order valence-corrected chi connectivity index (χ3v) is 4.01. The largest absolute Gasteiger partial charge is 0.339 e. The van der Waals surface area contributed by atoms with Gasteiger partial charge in [0, 0.05) is 18.7 Å². The molecule has 0 unspecified atom stereocenters. The number of carbonyl (C=O) groups excluding carboxylic acids is 1. The van der Waals surface area contributed by atoms with E-state index in [4.69, 9.17) is 5.73 Å². The van der Waals surface area contributed by atoms with Gasteiger partial charge >= 0.3 is 0 Å². The summed E-state index contributed by atoms with van der Waals surface area (Å²) >= 11 is 3.10. The first-order valence-electron chi connectivity index (χ1n) is 6.06. The van der Waals surface area contributed by atoms with E-state index in [1.165, 1.54) is 18.2 Å². The number of hydrogen-bond donors (Lipinski definition) is 1. The minimum absolute atomic E-state index is 0.0360. The number of likely N-dealkylation sites (tertiary alicyclic amines) is 1. The molecular formula is C13H16BrFN2O. The van der Waals surface area contributed by atoms with Crippen LogP contribution < -0.4 is 5.73 Å². The second kappa shape index (κ2) is 5.80. The monoisotopic (exact) mass is 314 g/mol. The summed E-state index contributed by atoms with van der Waals surface area (Å²) < 4.78 is 13.4. The molecule has 98 valence electrons. The fraction of sp³-hybridized carbons (Fsp3) is 0.462. The molecule has 1 aliphatic rings. The summed E-state index contributed by atoms with van der Waals surface area (Å²) in [5.74, 6) is 0.133. The Morgan fingerprint density at radius 3 is 2.67 bits per heavy atom. The van der Waals surface area contributed by atoms with Crippen LogP contribution in [0.4, 0.5) is 4.39 Å². The summed E-state index contributed by atoms with van der Waals surface area (Å²) in [7, 11) is 0. The maximum absolute atomic E-state index is 13.1. The lowest BCUT2D eigenvalue weighted by molar-refractivity contribution is 0.0693. The highest BCUT2D eigenvalue weighted by atomic mass is 79.9. The average Bonchev–Trinajstić information content (AvgIpc) is 2.41. The van der Waals surface area contributed by atoms with E-state index in [2.05, 4.69) is 15.9 Å². The van der Waals surface area contributed by atoms with Gasteiger partial charge in [0.2, 0.25) is 0 Å².